The van der Waals surface area contributed by atoms with E-state index in [0.29, 0.717) is 49.9 Å². The molecule has 3 aromatic rings. The van der Waals surface area contributed by atoms with Gasteiger partial charge < -0.3 is 24.4 Å². The molecule has 1 saturated heterocycles. The Kier molecular flexibility index (Phi) is 5.90. The first-order valence-corrected chi connectivity index (χ1v) is 10.8. The second kappa shape index (κ2) is 9.29. The Labute approximate surface area is 191 Å². The third-order valence-corrected chi connectivity index (χ3v) is 5.33. The van der Waals surface area contributed by atoms with Crippen LogP contribution in [0.2, 0.25) is 0 Å². The van der Waals surface area contributed by atoms with E-state index >= 15 is 0 Å². The summed E-state index contributed by atoms with van der Waals surface area (Å²) in [7, 11) is 0. The van der Waals surface area contributed by atoms with Gasteiger partial charge in [0.25, 0.3) is 0 Å². The van der Waals surface area contributed by atoms with Gasteiger partial charge in [0.15, 0.2) is 11.5 Å². The number of ether oxygens (including phenoxy) is 3. The molecule has 5 rings (SSSR count). The van der Waals surface area contributed by atoms with Crippen LogP contribution in [0.15, 0.2) is 41.5 Å². The van der Waals surface area contributed by atoms with E-state index in [1.165, 1.54) is 0 Å². The molecule has 2 aliphatic rings. The maximum absolute atomic E-state index is 5.47. The van der Waals surface area contributed by atoms with Gasteiger partial charge in [0.05, 0.1) is 19.4 Å². The Morgan fingerprint density at radius 3 is 2.64 bits per heavy atom. The van der Waals surface area contributed by atoms with Gasteiger partial charge in [-0.05, 0) is 54.8 Å². The Bertz CT molecular complexity index is 1180. The maximum Gasteiger partial charge on any atom is 0.250 e. The predicted octanol–water partition coefficient (Wildman–Crippen LogP) is 3.24. The number of hydrogen-bond acceptors (Lipinski definition) is 10. The number of fused-ring (bicyclic) bond motifs is 1. The molecule has 2 aliphatic heterocycles. The van der Waals surface area contributed by atoms with E-state index < -0.39 is 0 Å². The molecule has 1 fully saturated rings. The molecular formula is C23H25N7O3. The van der Waals surface area contributed by atoms with Gasteiger partial charge in [-0.2, -0.15) is 20.1 Å². The lowest BCUT2D eigenvalue weighted by Crippen LogP contribution is -2.37. The Morgan fingerprint density at radius 1 is 0.939 bits per heavy atom. The third-order valence-electron chi connectivity index (χ3n) is 5.33. The Balaban J connectivity index is 1.39. The van der Waals surface area contributed by atoms with E-state index in [4.69, 9.17) is 14.2 Å². The van der Waals surface area contributed by atoms with Crippen LogP contribution in [-0.2, 0) is 4.74 Å². The van der Waals surface area contributed by atoms with Crippen molar-refractivity contribution in [1.82, 2.24) is 15.0 Å². The highest BCUT2D eigenvalue weighted by molar-refractivity contribution is 5.81. The number of aromatic nitrogens is 3. The molecule has 0 spiro atoms. The summed E-state index contributed by atoms with van der Waals surface area (Å²) in [6.45, 7) is 7.03. The SMILES string of the molecule is Cc1ccc(C)c(Nc2nc(N/N=C\c3ccc4c(c3)OCO4)nc(N3CCOCC3)n2)c1. The molecule has 2 aromatic carbocycles. The number of nitrogens with zero attached hydrogens (tertiary/aromatic N) is 5. The van der Waals surface area contributed by atoms with Gasteiger partial charge in [0.2, 0.25) is 24.6 Å². The molecule has 0 saturated carbocycles. The van der Waals surface area contributed by atoms with Crippen LogP contribution in [0.4, 0.5) is 23.5 Å². The van der Waals surface area contributed by atoms with E-state index in [0.717, 1.165) is 28.1 Å². The molecule has 33 heavy (non-hydrogen) atoms. The van der Waals surface area contributed by atoms with E-state index in [-0.39, 0.29) is 6.79 Å². The smallest absolute Gasteiger partial charge is 0.250 e. The average Bonchev–Trinajstić information content (AvgIpc) is 3.30. The van der Waals surface area contributed by atoms with Crippen LogP contribution in [0.1, 0.15) is 16.7 Å². The summed E-state index contributed by atoms with van der Waals surface area (Å²) in [4.78, 5) is 15.8. The number of rotatable bonds is 6. The minimum absolute atomic E-state index is 0.236. The van der Waals surface area contributed by atoms with Crippen LogP contribution >= 0.6 is 0 Å². The van der Waals surface area contributed by atoms with Gasteiger partial charge in [0.1, 0.15) is 0 Å². The van der Waals surface area contributed by atoms with Crippen molar-refractivity contribution in [2.45, 2.75) is 13.8 Å². The molecule has 2 N–H and O–H groups in total. The summed E-state index contributed by atoms with van der Waals surface area (Å²) in [5.74, 6) is 2.79. The monoisotopic (exact) mass is 447 g/mol. The molecular weight excluding hydrogens is 422 g/mol. The zero-order valence-corrected chi connectivity index (χ0v) is 18.5. The molecule has 3 heterocycles. The number of hydrogen-bond donors (Lipinski definition) is 2. The minimum atomic E-state index is 0.236. The van der Waals surface area contributed by atoms with Crippen molar-refractivity contribution < 1.29 is 14.2 Å². The molecule has 0 unspecified atom stereocenters. The molecule has 170 valence electrons. The van der Waals surface area contributed by atoms with Gasteiger partial charge in [-0.1, -0.05) is 12.1 Å². The van der Waals surface area contributed by atoms with Crippen molar-refractivity contribution in [2.24, 2.45) is 5.10 Å². The van der Waals surface area contributed by atoms with Gasteiger partial charge >= 0.3 is 0 Å². The highest BCUT2D eigenvalue weighted by atomic mass is 16.7. The van der Waals surface area contributed by atoms with Gasteiger partial charge in [-0.3, -0.25) is 0 Å². The van der Waals surface area contributed by atoms with E-state index in [1.54, 1.807) is 6.21 Å². The standard InChI is InChI=1S/C23H25N7O3/c1-15-3-4-16(2)18(11-15)25-21-26-22(28-23(27-21)30-7-9-31-10-8-30)29-24-13-17-5-6-19-20(12-17)33-14-32-19/h3-6,11-13H,7-10,14H2,1-2H3,(H2,25,26,27,28,29)/b24-13-. The summed E-state index contributed by atoms with van der Waals surface area (Å²) < 4.78 is 16.2. The third kappa shape index (κ3) is 4.96. The van der Waals surface area contributed by atoms with Crippen molar-refractivity contribution in [3.63, 3.8) is 0 Å². The first-order valence-electron chi connectivity index (χ1n) is 10.8. The fraction of sp³-hybridized carbons (Fsp3) is 0.304. The zero-order valence-electron chi connectivity index (χ0n) is 18.5. The number of morpholine rings is 1. The molecule has 0 atom stereocenters. The van der Waals surface area contributed by atoms with Gasteiger partial charge in [-0.25, -0.2) is 5.43 Å². The normalized spacial score (nSPS) is 15.2. The molecule has 1 aromatic heterocycles. The molecule has 10 heteroatoms. The summed E-state index contributed by atoms with van der Waals surface area (Å²) in [6.07, 6.45) is 1.68. The van der Waals surface area contributed by atoms with Crippen molar-refractivity contribution in [3.8, 4) is 11.5 Å². The molecule has 0 radical (unpaired) electrons. The number of anilines is 4. The fourth-order valence-electron chi connectivity index (χ4n) is 3.52. The largest absolute Gasteiger partial charge is 0.454 e. The first kappa shape index (κ1) is 21.0. The van der Waals surface area contributed by atoms with Crippen LogP contribution in [0, 0.1) is 13.8 Å². The van der Waals surface area contributed by atoms with Crippen molar-refractivity contribution >= 4 is 29.7 Å². The number of hydrazone groups is 1. The number of aryl methyl sites for hydroxylation is 2. The van der Waals surface area contributed by atoms with Crippen molar-refractivity contribution in [1.29, 1.82) is 0 Å². The summed E-state index contributed by atoms with van der Waals surface area (Å²) in [5, 5.41) is 7.64. The summed E-state index contributed by atoms with van der Waals surface area (Å²) >= 11 is 0. The summed E-state index contributed by atoms with van der Waals surface area (Å²) in [5.41, 5.74) is 6.99. The Hall–Kier alpha value is -3.92. The maximum atomic E-state index is 5.47. The second-order valence-electron chi connectivity index (χ2n) is 7.81. The van der Waals surface area contributed by atoms with E-state index in [2.05, 4.69) is 60.8 Å². The van der Waals surface area contributed by atoms with Crippen LogP contribution in [0.3, 0.4) is 0 Å². The van der Waals surface area contributed by atoms with Gasteiger partial charge in [0, 0.05) is 18.8 Å². The molecule has 10 nitrogen and oxygen atoms in total. The number of benzene rings is 2. The predicted molar refractivity (Wildman–Crippen MR) is 126 cm³/mol. The molecule has 0 amide bonds. The van der Waals surface area contributed by atoms with Crippen LogP contribution in [0.5, 0.6) is 11.5 Å². The summed E-state index contributed by atoms with van der Waals surface area (Å²) in [6, 6.07) is 11.8. The van der Waals surface area contributed by atoms with Crippen LogP contribution < -0.4 is 25.1 Å². The van der Waals surface area contributed by atoms with E-state index in [9.17, 15) is 0 Å². The average molecular weight is 447 g/mol. The highest BCUT2D eigenvalue weighted by Crippen LogP contribution is 2.32. The molecule has 0 bridgehead atoms. The van der Waals surface area contributed by atoms with E-state index in [1.807, 2.05) is 25.1 Å². The number of nitrogens with one attached hydrogen (secondary N) is 2. The Morgan fingerprint density at radius 2 is 1.76 bits per heavy atom. The lowest BCUT2D eigenvalue weighted by molar-refractivity contribution is 0.122. The first-order chi connectivity index (χ1) is 16.1. The lowest BCUT2D eigenvalue weighted by Gasteiger charge is -2.27. The fourth-order valence-corrected chi connectivity index (χ4v) is 3.52. The molecule has 0 aliphatic carbocycles. The topological polar surface area (TPSA) is 106 Å². The minimum Gasteiger partial charge on any atom is -0.454 e. The van der Waals surface area contributed by atoms with Crippen molar-refractivity contribution in [3.05, 3.63) is 53.1 Å². The van der Waals surface area contributed by atoms with Crippen molar-refractivity contribution in [2.75, 3.05) is 48.7 Å². The van der Waals surface area contributed by atoms with Crippen LogP contribution in [-0.4, -0.2) is 54.3 Å². The van der Waals surface area contributed by atoms with Crippen LogP contribution in [0.25, 0.3) is 0 Å². The quantitative estimate of drug-likeness (QED) is 0.435. The highest BCUT2D eigenvalue weighted by Gasteiger charge is 2.17. The second-order valence-corrected chi connectivity index (χ2v) is 7.81. The zero-order chi connectivity index (χ0) is 22.6. The van der Waals surface area contributed by atoms with Gasteiger partial charge in [-0.15, -0.1) is 0 Å². The lowest BCUT2D eigenvalue weighted by atomic mass is 10.1.